The summed E-state index contributed by atoms with van der Waals surface area (Å²) in [5.74, 6) is -0.386. The Morgan fingerprint density at radius 1 is 1.05 bits per heavy atom. The van der Waals surface area contributed by atoms with Crippen molar-refractivity contribution in [3.8, 4) is 5.75 Å². The Morgan fingerprint density at radius 3 is 2.37 bits per heavy atom. The smallest absolute Gasteiger partial charge is 0.338 e. The zero-order valence-corrected chi connectivity index (χ0v) is 21.9. The molecule has 9 nitrogen and oxygen atoms in total. The maximum atomic E-state index is 14.1. The predicted molar refractivity (Wildman–Crippen MR) is 139 cm³/mol. The summed E-state index contributed by atoms with van der Waals surface area (Å²) in [7, 11) is 1.58. The van der Waals surface area contributed by atoms with E-state index in [1.165, 1.54) is 17.0 Å². The van der Waals surface area contributed by atoms with E-state index in [9.17, 15) is 18.8 Å². The first kappa shape index (κ1) is 27.1. The number of amides is 3. The number of ether oxygens (including phenoxy) is 2. The largest absolute Gasteiger partial charge is 0.497 e. The SMILES string of the molecule is CCOC(=O)C1=C(CN2CCN(C(=O)c3ccc(OC)cc3)CC2)N(CC)C(=O)N[C@@H]1c1cccc(F)c1. The standard InChI is InChI=1S/C28H33FN4O5/c1-4-33-23(18-31-13-15-32(16-14-31)26(34)19-9-11-22(37-3)12-10-19)24(27(35)38-5-2)25(30-28(33)36)20-7-6-8-21(29)17-20/h6-12,17,25H,4-5,13-16,18H2,1-3H3,(H,30,36)/t25-/m1/s1. The second kappa shape index (κ2) is 12.1. The highest BCUT2D eigenvalue weighted by atomic mass is 19.1. The number of carbonyl (C=O) groups is 3. The summed E-state index contributed by atoms with van der Waals surface area (Å²) >= 11 is 0. The van der Waals surface area contributed by atoms with Crippen LogP contribution in [0.2, 0.25) is 0 Å². The van der Waals surface area contributed by atoms with E-state index >= 15 is 0 Å². The van der Waals surface area contributed by atoms with Crippen LogP contribution in [0.25, 0.3) is 0 Å². The molecule has 4 rings (SSSR count). The van der Waals surface area contributed by atoms with Crippen LogP contribution in [-0.2, 0) is 9.53 Å². The Labute approximate surface area is 221 Å². The van der Waals surface area contributed by atoms with Gasteiger partial charge in [-0.25, -0.2) is 14.0 Å². The van der Waals surface area contributed by atoms with E-state index < -0.39 is 17.8 Å². The summed E-state index contributed by atoms with van der Waals surface area (Å²) < 4.78 is 24.6. The highest BCUT2D eigenvalue weighted by Gasteiger charge is 2.38. The summed E-state index contributed by atoms with van der Waals surface area (Å²) in [6.07, 6.45) is 0. The molecule has 2 aliphatic rings. The molecular weight excluding hydrogens is 491 g/mol. The summed E-state index contributed by atoms with van der Waals surface area (Å²) in [5, 5.41) is 2.85. The first-order valence-electron chi connectivity index (χ1n) is 12.8. The number of piperazine rings is 1. The van der Waals surface area contributed by atoms with Gasteiger partial charge in [-0.2, -0.15) is 0 Å². The van der Waals surface area contributed by atoms with Crippen molar-refractivity contribution in [2.45, 2.75) is 19.9 Å². The van der Waals surface area contributed by atoms with E-state index in [0.29, 0.717) is 61.8 Å². The molecule has 0 spiro atoms. The van der Waals surface area contributed by atoms with Crippen molar-refractivity contribution in [1.29, 1.82) is 0 Å². The van der Waals surface area contributed by atoms with E-state index in [0.717, 1.165) is 0 Å². The Kier molecular flexibility index (Phi) is 8.62. The lowest BCUT2D eigenvalue weighted by Crippen LogP contribution is -2.53. The quantitative estimate of drug-likeness (QED) is 0.534. The fourth-order valence-electron chi connectivity index (χ4n) is 4.83. The molecule has 1 saturated heterocycles. The molecule has 3 amide bonds. The maximum Gasteiger partial charge on any atom is 0.338 e. The van der Waals surface area contributed by atoms with E-state index in [1.807, 2.05) is 6.92 Å². The summed E-state index contributed by atoms with van der Waals surface area (Å²) in [6, 6.07) is 11.7. The second-order valence-corrected chi connectivity index (χ2v) is 9.06. The van der Waals surface area contributed by atoms with Gasteiger partial charge in [0.05, 0.1) is 25.3 Å². The van der Waals surface area contributed by atoms with E-state index in [4.69, 9.17) is 9.47 Å². The molecule has 2 aliphatic heterocycles. The number of likely N-dealkylation sites (N-methyl/N-ethyl adjacent to an activating group) is 1. The number of nitrogens with zero attached hydrogens (tertiary/aromatic N) is 3. The summed E-state index contributed by atoms with van der Waals surface area (Å²) in [5.41, 5.74) is 1.87. The van der Waals surface area contributed by atoms with Crippen molar-refractivity contribution < 1.29 is 28.2 Å². The number of hydrogen-bond donors (Lipinski definition) is 1. The fourth-order valence-corrected chi connectivity index (χ4v) is 4.83. The van der Waals surface area contributed by atoms with Gasteiger partial charge in [-0.3, -0.25) is 14.6 Å². The molecular formula is C28H33FN4O5. The molecule has 1 fully saturated rings. The van der Waals surface area contributed by atoms with Crippen molar-refractivity contribution in [1.82, 2.24) is 20.0 Å². The van der Waals surface area contributed by atoms with Gasteiger partial charge in [-0.05, 0) is 55.8 Å². The minimum Gasteiger partial charge on any atom is -0.497 e. The van der Waals surface area contributed by atoms with Crippen LogP contribution >= 0.6 is 0 Å². The average Bonchev–Trinajstić information content (AvgIpc) is 2.93. The van der Waals surface area contributed by atoms with Crippen LogP contribution in [0.3, 0.4) is 0 Å². The summed E-state index contributed by atoms with van der Waals surface area (Å²) in [6.45, 7) is 6.48. The molecule has 2 aromatic rings. The highest BCUT2D eigenvalue weighted by Crippen LogP contribution is 2.32. The van der Waals surface area contributed by atoms with Gasteiger partial charge in [-0.1, -0.05) is 12.1 Å². The van der Waals surface area contributed by atoms with Gasteiger partial charge in [0.15, 0.2) is 0 Å². The van der Waals surface area contributed by atoms with Crippen LogP contribution in [0.1, 0.15) is 35.8 Å². The van der Waals surface area contributed by atoms with Crippen LogP contribution in [-0.4, -0.2) is 85.6 Å². The van der Waals surface area contributed by atoms with E-state index in [2.05, 4.69) is 10.2 Å². The monoisotopic (exact) mass is 524 g/mol. The van der Waals surface area contributed by atoms with Gasteiger partial charge in [-0.15, -0.1) is 0 Å². The molecule has 0 unspecified atom stereocenters. The number of benzene rings is 2. The molecule has 38 heavy (non-hydrogen) atoms. The number of urea groups is 1. The number of esters is 1. The minimum atomic E-state index is -0.840. The Morgan fingerprint density at radius 2 is 1.76 bits per heavy atom. The molecule has 2 aromatic carbocycles. The third-order valence-corrected chi connectivity index (χ3v) is 6.80. The van der Waals surface area contributed by atoms with E-state index in [-0.39, 0.29) is 24.1 Å². The molecule has 1 atom stereocenters. The van der Waals surface area contributed by atoms with Crippen LogP contribution < -0.4 is 10.1 Å². The lowest BCUT2D eigenvalue weighted by Gasteiger charge is -2.40. The number of halogens is 1. The molecule has 0 saturated carbocycles. The van der Waals surface area contributed by atoms with Gasteiger partial charge in [0.25, 0.3) is 5.91 Å². The lowest BCUT2D eigenvalue weighted by atomic mass is 9.94. The third-order valence-electron chi connectivity index (χ3n) is 6.80. The molecule has 0 aromatic heterocycles. The average molecular weight is 525 g/mol. The predicted octanol–water partition coefficient (Wildman–Crippen LogP) is 3.20. The van der Waals surface area contributed by atoms with Crippen molar-refractivity contribution in [2.75, 3.05) is 53.0 Å². The highest BCUT2D eigenvalue weighted by molar-refractivity contribution is 5.95. The number of hydrogen-bond acceptors (Lipinski definition) is 6. The van der Waals surface area contributed by atoms with Crippen LogP contribution in [0.15, 0.2) is 59.8 Å². The minimum absolute atomic E-state index is 0.0582. The van der Waals surface area contributed by atoms with Crippen LogP contribution in [0.4, 0.5) is 9.18 Å². The van der Waals surface area contributed by atoms with Gasteiger partial charge in [0, 0.05) is 50.5 Å². The topological polar surface area (TPSA) is 91.4 Å². The first-order valence-corrected chi connectivity index (χ1v) is 12.8. The zero-order chi connectivity index (χ0) is 27.2. The lowest BCUT2D eigenvalue weighted by molar-refractivity contribution is -0.139. The summed E-state index contributed by atoms with van der Waals surface area (Å²) in [4.78, 5) is 44.7. The van der Waals surface area contributed by atoms with Gasteiger partial charge in [0.2, 0.25) is 0 Å². The van der Waals surface area contributed by atoms with Crippen molar-refractivity contribution in [3.05, 3.63) is 76.7 Å². The molecule has 1 N–H and O–H groups in total. The molecule has 2 heterocycles. The number of carbonyl (C=O) groups excluding carboxylic acids is 3. The normalized spacial score (nSPS) is 18.3. The molecule has 0 aliphatic carbocycles. The van der Waals surface area contributed by atoms with Crippen molar-refractivity contribution in [3.63, 3.8) is 0 Å². The first-order chi connectivity index (χ1) is 18.4. The zero-order valence-electron chi connectivity index (χ0n) is 21.9. The van der Waals surface area contributed by atoms with Crippen molar-refractivity contribution in [2.24, 2.45) is 0 Å². The maximum absolute atomic E-state index is 14.1. The third kappa shape index (κ3) is 5.80. The van der Waals surface area contributed by atoms with Crippen molar-refractivity contribution >= 4 is 17.9 Å². The number of rotatable bonds is 8. The molecule has 0 radical (unpaired) electrons. The molecule has 10 heteroatoms. The van der Waals surface area contributed by atoms with Crippen LogP contribution in [0, 0.1) is 5.82 Å². The fraction of sp³-hybridized carbons (Fsp3) is 0.393. The number of nitrogens with one attached hydrogen (secondary N) is 1. The Balaban J connectivity index is 1.57. The molecule has 0 bridgehead atoms. The van der Waals surface area contributed by atoms with Gasteiger partial charge >= 0.3 is 12.0 Å². The second-order valence-electron chi connectivity index (χ2n) is 9.06. The van der Waals surface area contributed by atoms with Crippen LogP contribution in [0.5, 0.6) is 5.75 Å². The number of methoxy groups -OCH3 is 1. The van der Waals surface area contributed by atoms with Gasteiger partial charge in [0.1, 0.15) is 11.6 Å². The molecule has 202 valence electrons. The van der Waals surface area contributed by atoms with E-state index in [1.54, 1.807) is 55.3 Å². The Bertz CT molecular complexity index is 1210. The van der Waals surface area contributed by atoms with Gasteiger partial charge < -0.3 is 19.7 Å². The Hall–Kier alpha value is -3.92.